The number of hydrogen-bond acceptors (Lipinski definition) is 2. The van der Waals surface area contributed by atoms with Gasteiger partial charge in [0.2, 0.25) is 0 Å². The molecule has 0 aliphatic heterocycles. The molecule has 0 radical (unpaired) electrons. The number of alkyl halides is 3. The third kappa shape index (κ3) is 5.24. The lowest BCUT2D eigenvalue weighted by Crippen LogP contribution is -2.37. The molecular weight excluding hydrogens is 291 g/mol. The highest BCUT2D eigenvalue weighted by molar-refractivity contribution is 5.21. The first-order chi connectivity index (χ1) is 9.74. The van der Waals surface area contributed by atoms with E-state index in [1.54, 1.807) is 0 Å². The summed E-state index contributed by atoms with van der Waals surface area (Å²) in [5.41, 5.74) is 6.08. The summed E-state index contributed by atoms with van der Waals surface area (Å²) in [6, 6.07) is 2.21. The Labute approximate surface area is 119 Å². The van der Waals surface area contributed by atoms with Gasteiger partial charge in [0.25, 0.3) is 0 Å². The summed E-state index contributed by atoms with van der Waals surface area (Å²) in [6.45, 7) is -0.814. The smallest absolute Gasteiger partial charge is 0.324 e. The predicted octanol–water partition coefficient (Wildman–Crippen LogP) is 3.38. The Morgan fingerprint density at radius 1 is 1.14 bits per heavy atom. The van der Waals surface area contributed by atoms with Gasteiger partial charge in [0.05, 0.1) is 6.54 Å². The van der Waals surface area contributed by atoms with Crippen LogP contribution in [-0.4, -0.2) is 30.2 Å². The van der Waals surface area contributed by atoms with Gasteiger partial charge in [-0.1, -0.05) is 0 Å². The van der Waals surface area contributed by atoms with Crippen LogP contribution in [0.2, 0.25) is 0 Å². The summed E-state index contributed by atoms with van der Waals surface area (Å²) < 4.78 is 63.6. The zero-order valence-electron chi connectivity index (χ0n) is 11.3. The van der Waals surface area contributed by atoms with Crippen molar-refractivity contribution >= 4 is 0 Å². The van der Waals surface area contributed by atoms with Crippen LogP contribution < -0.4 is 5.73 Å². The van der Waals surface area contributed by atoms with E-state index in [-0.39, 0.29) is 24.6 Å². The lowest BCUT2D eigenvalue weighted by Gasteiger charge is -2.25. The maximum Gasteiger partial charge on any atom is 0.401 e. The molecule has 0 amide bonds. The first kappa shape index (κ1) is 16.2. The van der Waals surface area contributed by atoms with Gasteiger partial charge in [0, 0.05) is 24.7 Å². The lowest BCUT2D eigenvalue weighted by molar-refractivity contribution is -0.147. The van der Waals surface area contributed by atoms with E-state index in [1.165, 1.54) is 4.90 Å². The molecule has 0 spiro atoms. The largest absolute Gasteiger partial charge is 0.401 e. The predicted molar refractivity (Wildman–Crippen MR) is 68.6 cm³/mol. The van der Waals surface area contributed by atoms with E-state index in [4.69, 9.17) is 5.73 Å². The fourth-order valence-electron chi connectivity index (χ4n) is 2.32. The van der Waals surface area contributed by atoms with Crippen molar-refractivity contribution in [3.63, 3.8) is 0 Å². The molecule has 118 valence electrons. The van der Waals surface area contributed by atoms with E-state index in [0.29, 0.717) is 0 Å². The maximum absolute atomic E-state index is 13.1. The highest BCUT2D eigenvalue weighted by Crippen LogP contribution is 2.31. The Morgan fingerprint density at radius 3 is 2.19 bits per heavy atom. The average molecular weight is 308 g/mol. The summed E-state index contributed by atoms with van der Waals surface area (Å²) in [4.78, 5) is 1.34. The second-order valence-electron chi connectivity index (χ2n) is 5.41. The third-order valence-electron chi connectivity index (χ3n) is 3.49. The van der Waals surface area contributed by atoms with Crippen LogP contribution in [0.4, 0.5) is 22.0 Å². The average Bonchev–Trinajstić information content (AvgIpc) is 3.15. The summed E-state index contributed by atoms with van der Waals surface area (Å²) >= 11 is 0. The van der Waals surface area contributed by atoms with Gasteiger partial charge in [-0.15, -0.1) is 0 Å². The number of nitrogens with two attached hydrogens (primary N) is 1. The molecule has 0 aromatic heterocycles. The highest BCUT2D eigenvalue weighted by Gasteiger charge is 2.37. The molecular formula is C14H17F5N2. The van der Waals surface area contributed by atoms with Crippen LogP contribution in [0.3, 0.4) is 0 Å². The molecule has 2 rings (SSSR count). The molecule has 1 aliphatic rings. The molecule has 0 saturated heterocycles. The van der Waals surface area contributed by atoms with Crippen molar-refractivity contribution in [2.75, 3.05) is 13.1 Å². The Kier molecular flexibility index (Phi) is 4.83. The molecule has 0 bridgehead atoms. The summed E-state index contributed by atoms with van der Waals surface area (Å²) in [6.07, 6.45) is -2.53. The van der Waals surface area contributed by atoms with Crippen molar-refractivity contribution < 1.29 is 22.0 Å². The molecule has 1 atom stereocenters. The molecule has 1 fully saturated rings. The monoisotopic (exact) mass is 308 g/mol. The summed E-state index contributed by atoms with van der Waals surface area (Å²) in [5.74, 6) is -1.48. The summed E-state index contributed by atoms with van der Waals surface area (Å²) in [7, 11) is 0. The van der Waals surface area contributed by atoms with Crippen molar-refractivity contribution in [3.8, 4) is 0 Å². The molecule has 2 N–H and O–H groups in total. The van der Waals surface area contributed by atoms with Crippen LogP contribution >= 0.6 is 0 Å². The first-order valence-corrected chi connectivity index (χ1v) is 6.77. The van der Waals surface area contributed by atoms with Gasteiger partial charge < -0.3 is 5.73 Å². The van der Waals surface area contributed by atoms with Gasteiger partial charge in [0.15, 0.2) is 0 Å². The molecule has 21 heavy (non-hydrogen) atoms. The summed E-state index contributed by atoms with van der Waals surface area (Å²) in [5, 5.41) is 0. The standard InChI is InChI=1S/C14H17F5N2/c15-10-5-9(6-11(16)7-10)13(20)3-4-21(12-1-2-12)8-14(17,18)19/h5-7,12-13H,1-4,8,20H2. The van der Waals surface area contributed by atoms with Gasteiger partial charge in [0.1, 0.15) is 11.6 Å². The van der Waals surface area contributed by atoms with E-state index in [2.05, 4.69) is 0 Å². The molecule has 7 heteroatoms. The third-order valence-corrected chi connectivity index (χ3v) is 3.49. The van der Waals surface area contributed by atoms with Crippen molar-refractivity contribution in [1.82, 2.24) is 4.90 Å². The number of benzene rings is 1. The first-order valence-electron chi connectivity index (χ1n) is 6.77. The Bertz CT molecular complexity index is 464. The van der Waals surface area contributed by atoms with Crippen molar-refractivity contribution in [3.05, 3.63) is 35.4 Å². The maximum atomic E-state index is 13.1. The fourth-order valence-corrected chi connectivity index (χ4v) is 2.32. The molecule has 1 saturated carbocycles. The van der Waals surface area contributed by atoms with Crippen LogP contribution in [0.5, 0.6) is 0 Å². The number of halogens is 5. The minimum absolute atomic E-state index is 0.0527. The number of rotatable bonds is 6. The van der Waals surface area contributed by atoms with Gasteiger partial charge in [-0.05, 0) is 37.0 Å². The van der Waals surface area contributed by atoms with E-state index in [9.17, 15) is 22.0 Å². The number of nitrogens with zero attached hydrogens (tertiary/aromatic N) is 1. The molecule has 1 unspecified atom stereocenters. The van der Waals surface area contributed by atoms with Crippen molar-refractivity contribution in [2.45, 2.75) is 37.5 Å². The minimum Gasteiger partial charge on any atom is -0.324 e. The Balaban J connectivity index is 1.93. The van der Waals surface area contributed by atoms with Crippen LogP contribution in [0.25, 0.3) is 0 Å². The fraction of sp³-hybridized carbons (Fsp3) is 0.571. The molecule has 1 aromatic rings. The van der Waals surface area contributed by atoms with Gasteiger partial charge >= 0.3 is 6.18 Å². The topological polar surface area (TPSA) is 29.3 Å². The molecule has 1 aromatic carbocycles. The van der Waals surface area contributed by atoms with E-state index < -0.39 is 30.4 Å². The zero-order chi connectivity index (χ0) is 15.6. The Hall–Kier alpha value is -1.21. The van der Waals surface area contributed by atoms with Crippen LogP contribution in [0.1, 0.15) is 30.9 Å². The van der Waals surface area contributed by atoms with Crippen LogP contribution in [0.15, 0.2) is 18.2 Å². The second kappa shape index (κ2) is 6.27. The quantitative estimate of drug-likeness (QED) is 0.816. The van der Waals surface area contributed by atoms with E-state index >= 15 is 0 Å². The van der Waals surface area contributed by atoms with Crippen LogP contribution in [-0.2, 0) is 0 Å². The molecule has 2 nitrogen and oxygen atoms in total. The molecule has 1 aliphatic carbocycles. The van der Waals surface area contributed by atoms with E-state index in [1.807, 2.05) is 0 Å². The molecule has 0 heterocycles. The normalized spacial score (nSPS) is 17.3. The second-order valence-corrected chi connectivity index (χ2v) is 5.41. The van der Waals surface area contributed by atoms with E-state index in [0.717, 1.165) is 31.0 Å². The SMILES string of the molecule is NC(CCN(CC(F)(F)F)C1CC1)c1cc(F)cc(F)c1. The highest BCUT2D eigenvalue weighted by atomic mass is 19.4. The zero-order valence-corrected chi connectivity index (χ0v) is 11.3. The van der Waals surface area contributed by atoms with Gasteiger partial charge in [-0.2, -0.15) is 13.2 Å². The minimum atomic E-state index is -4.25. The van der Waals surface area contributed by atoms with Gasteiger partial charge in [-0.25, -0.2) is 8.78 Å². The van der Waals surface area contributed by atoms with Crippen molar-refractivity contribution in [2.24, 2.45) is 5.73 Å². The lowest BCUT2D eigenvalue weighted by atomic mass is 10.0. The Morgan fingerprint density at radius 2 is 1.71 bits per heavy atom. The van der Waals surface area contributed by atoms with Crippen molar-refractivity contribution in [1.29, 1.82) is 0 Å². The van der Waals surface area contributed by atoms with Crippen LogP contribution in [0, 0.1) is 11.6 Å². The van der Waals surface area contributed by atoms with Gasteiger partial charge in [-0.3, -0.25) is 4.90 Å². The number of hydrogen-bond donors (Lipinski definition) is 1.